The number of hydrogen-bond acceptors (Lipinski definition) is 5. The average Bonchev–Trinajstić information content (AvgIpc) is 2.61. The number of carbonyl (C=O) groups excluding carboxylic acids is 1. The van der Waals surface area contributed by atoms with Crippen LogP contribution in [0.5, 0.6) is 5.75 Å². The van der Waals surface area contributed by atoms with E-state index in [0.29, 0.717) is 0 Å². The molecule has 3 rings (SSSR count). The van der Waals surface area contributed by atoms with Crippen molar-refractivity contribution in [1.29, 1.82) is 0 Å². The topological polar surface area (TPSA) is 81.4 Å². The van der Waals surface area contributed by atoms with E-state index in [1.807, 2.05) is 0 Å². The molecule has 27 heavy (non-hydrogen) atoms. The first-order valence-electron chi connectivity index (χ1n) is 7.73. The summed E-state index contributed by atoms with van der Waals surface area (Å²) in [6, 6.07) is 8.21. The van der Waals surface area contributed by atoms with Crippen molar-refractivity contribution in [3.8, 4) is 5.75 Å². The van der Waals surface area contributed by atoms with E-state index in [2.05, 4.69) is 4.98 Å². The molecule has 3 aromatic rings. The first kappa shape index (κ1) is 18.4. The first-order valence-corrected chi connectivity index (χ1v) is 7.73. The monoisotopic (exact) mass is 378 g/mol. The molecule has 0 amide bonds. The lowest BCUT2D eigenvalue weighted by Gasteiger charge is -2.14. The third-order valence-electron chi connectivity index (χ3n) is 3.84. The van der Waals surface area contributed by atoms with E-state index in [4.69, 9.17) is 4.84 Å². The van der Waals surface area contributed by atoms with Crippen molar-refractivity contribution < 1.29 is 27.9 Å². The molecule has 1 N–H and O–H groups in total. The van der Waals surface area contributed by atoms with Gasteiger partial charge in [-0.25, -0.2) is 0 Å². The fourth-order valence-electron chi connectivity index (χ4n) is 2.56. The SMILES string of the molecule is CC(=O)c1c(O)c2ccccc2n(OCc2ccc(C(F)(F)F)nc2)c1=O. The molecule has 0 bridgehead atoms. The Bertz CT molecular complexity index is 1070. The second-order valence-electron chi connectivity index (χ2n) is 5.72. The number of alkyl halides is 3. The summed E-state index contributed by atoms with van der Waals surface area (Å²) in [5, 5.41) is 10.4. The lowest BCUT2D eigenvalue weighted by molar-refractivity contribution is -0.141. The van der Waals surface area contributed by atoms with E-state index in [1.54, 1.807) is 12.1 Å². The van der Waals surface area contributed by atoms with Gasteiger partial charge in [-0.05, 0) is 25.1 Å². The van der Waals surface area contributed by atoms with Crippen LogP contribution in [0.4, 0.5) is 13.2 Å². The summed E-state index contributed by atoms with van der Waals surface area (Å²) in [7, 11) is 0. The zero-order valence-corrected chi connectivity index (χ0v) is 13.9. The molecule has 140 valence electrons. The molecule has 0 aliphatic carbocycles. The number of pyridine rings is 2. The maximum Gasteiger partial charge on any atom is 0.433 e. The summed E-state index contributed by atoms with van der Waals surface area (Å²) >= 11 is 0. The van der Waals surface area contributed by atoms with E-state index in [9.17, 15) is 27.9 Å². The Balaban J connectivity index is 2.00. The number of aromatic hydroxyl groups is 1. The fraction of sp³-hybridized carbons (Fsp3) is 0.167. The van der Waals surface area contributed by atoms with Crippen LogP contribution in [0.1, 0.15) is 28.5 Å². The van der Waals surface area contributed by atoms with E-state index in [-0.39, 0.29) is 23.1 Å². The number of para-hydroxylation sites is 1. The number of fused-ring (bicyclic) bond motifs is 1. The van der Waals surface area contributed by atoms with Gasteiger partial charge < -0.3 is 9.94 Å². The van der Waals surface area contributed by atoms with E-state index >= 15 is 0 Å². The molecule has 0 fully saturated rings. The van der Waals surface area contributed by atoms with Crippen molar-refractivity contribution in [1.82, 2.24) is 9.71 Å². The third kappa shape index (κ3) is 3.48. The van der Waals surface area contributed by atoms with E-state index in [1.165, 1.54) is 18.2 Å². The Kier molecular flexibility index (Phi) is 4.61. The Morgan fingerprint density at radius 1 is 1.22 bits per heavy atom. The number of Topliss-reactive ketones (excluding diaryl/α,β-unsaturated/α-hetero) is 1. The average molecular weight is 378 g/mol. The van der Waals surface area contributed by atoms with Crippen LogP contribution in [0.15, 0.2) is 47.4 Å². The lowest BCUT2D eigenvalue weighted by atomic mass is 10.1. The maximum absolute atomic E-state index is 12.6. The molecule has 0 unspecified atom stereocenters. The highest BCUT2D eigenvalue weighted by atomic mass is 19.4. The standard InChI is InChI=1S/C18H13F3N2O4/c1-10(24)15-16(25)12-4-2-3-5-13(12)23(17(15)26)27-9-11-6-7-14(22-8-11)18(19,20)21/h2-8,25H,9H2,1H3. The highest BCUT2D eigenvalue weighted by molar-refractivity contribution is 6.02. The number of benzene rings is 1. The van der Waals surface area contributed by atoms with Gasteiger partial charge in [0.1, 0.15) is 23.6 Å². The molecule has 1 aromatic carbocycles. The molecule has 0 aliphatic rings. The molecule has 0 atom stereocenters. The molecule has 2 aromatic heterocycles. The molecule has 0 saturated carbocycles. The van der Waals surface area contributed by atoms with Gasteiger partial charge in [0.2, 0.25) is 0 Å². The van der Waals surface area contributed by atoms with Crippen LogP contribution in [0, 0.1) is 0 Å². The highest BCUT2D eigenvalue weighted by Gasteiger charge is 2.32. The molecular formula is C18H13F3N2O4. The zero-order chi connectivity index (χ0) is 19.8. The third-order valence-corrected chi connectivity index (χ3v) is 3.84. The second-order valence-corrected chi connectivity index (χ2v) is 5.72. The van der Waals surface area contributed by atoms with Crippen LogP contribution >= 0.6 is 0 Å². The zero-order valence-electron chi connectivity index (χ0n) is 13.9. The summed E-state index contributed by atoms with van der Waals surface area (Å²) in [6.07, 6.45) is -3.57. The van der Waals surface area contributed by atoms with Gasteiger partial charge in [-0.1, -0.05) is 18.2 Å². The number of aromatic nitrogens is 2. The Labute approximate surface area is 150 Å². The van der Waals surface area contributed by atoms with E-state index in [0.717, 1.165) is 23.9 Å². The lowest BCUT2D eigenvalue weighted by Crippen LogP contribution is -2.31. The Hall–Kier alpha value is -3.36. The minimum Gasteiger partial charge on any atom is -0.506 e. The van der Waals surface area contributed by atoms with Crippen molar-refractivity contribution in [2.75, 3.05) is 0 Å². The molecule has 0 aliphatic heterocycles. The van der Waals surface area contributed by atoms with Crippen LogP contribution < -0.4 is 10.4 Å². The van der Waals surface area contributed by atoms with Gasteiger partial charge in [-0.2, -0.15) is 13.2 Å². The molecule has 9 heteroatoms. The number of halogens is 3. The quantitative estimate of drug-likeness (QED) is 0.706. The molecular weight excluding hydrogens is 365 g/mol. The van der Waals surface area contributed by atoms with Crippen molar-refractivity contribution >= 4 is 16.7 Å². The summed E-state index contributed by atoms with van der Waals surface area (Å²) in [5.74, 6) is -1.09. The summed E-state index contributed by atoms with van der Waals surface area (Å²) < 4.78 is 38.5. The van der Waals surface area contributed by atoms with Crippen LogP contribution in [0.2, 0.25) is 0 Å². The van der Waals surface area contributed by atoms with Crippen molar-refractivity contribution in [2.24, 2.45) is 0 Å². The van der Waals surface area contributed by atoms with Crippen molar-refractivity contribution in [3.63, 3.8) is 0 Å². The summed E-state index contributed by atoms with van der Waals surface area (Å²) in [4.78, 5) is 33.0. The van der Waals surface area contributed by atoms with Crippen molar-refractivity contribution in [3.05, 3.63) is 69.8 Å². The van der Waals surface area contributed by atoms with Gasteiger partial charge >= 0.3 is 6.18 Å². The normalized spacial score (nSPS) is 11.6. The van der Waals surface area contributed by atoms with Gasteiger partial charge in [0.25, 0.3) is 5.56 Å². The molecule has 0 radical (unpaired) electrons. The molecule has 0 spiro atoms. The first-order chi connectivity index (χ1) is 12.7. The molecule has 0 saturated heterocycles. The molecule has 6 nitrogen and oxygen atoms in total. The number of carbonyl (C=O) groups is 1. The Morgan fingerprint density at radius 3 is 2.52 bits per heavy atom. The van der Waals surface area contributed by atoms with Gasteiger partial charge in [0.15, 0.2) is 5.78 Å². The largest absolute Gasteiger partial charge is 0.506 e. The number of ketones is 1. The smallest absolute Gasteiger partial charge is 0.433 e. The van der Waals surface area contributed by atoms with Gasteiger partial charge in [-0.15, -0.1) is 4.73 Å². The predicted octanol–water partition coefficient (Wildman–Crippen LogP) is 2.95. The highest BCUT2D eigenvalue weighted by Crippen LogP contribution is 2.28. The minimum atomic E-state index is -4.56. The van der Waals surface area contributed by atoms with Gasteiger partial charge in [-0.3, -0.25) is 14.6 Å². The summed E-state index contributed by atoms with van der Waals surface area (Å²) in [5.41, 5.74) is -1.84. The van der Waals surface area contributed by atoms with Crippen LogP contribution in [-0.2, 0) is 12.8 Å². The van der Waals surface area contributed by atoms with Gasteiger partial charge in [0.05, 0.1) is 5.52 Å². The molecule has 2 heterocycles. The van der Waals surface area contributed by atoms with Crippen LogP contribution in [0.25, 0.3) is 10.9 Å². The van der Waals surface area contributed by atoms with Crippen LogP contribution in [-0.4, -0.2) is 20.6 Å². The van der Waals surface area contributed by atoms with E-state index < -0.39 is 34.5 Å². The minimum absolute atomic E-state index is 0.213. The summed E-state index contributed by atoms with van der Waals surface area (Å²) in [6.45, 7) is 0.868. The Morgan fingerprint density at radius 2 is 1.93 bits per heavy atom. The number of hydrogen-bond donors (Lipinski definition) is 1. The van der Waals surface area contributed by atoms with Gasteiger partial charge in [0, 0.05) is 17.1 Å². The van der Waals surface area contributed by atoms with Crippen molar-refractivity contribution in [2.45, 2.75) is 19.7 Å². The number of nitrogens with zero attached hydrogens (tertiary/aromatic N) is 2. The second kappa shape index (κ2) is 6.75. The predicted molar refractivity (Wildman–Crippen MR) is 89.4 cm³/mol. The number of rotatable bonds is 4. The fourth-order valence-corrected chi connectivity index (χ4v) is 2.56. The van der Waals surface area contributed by atoms with Crippen LogP contribution in [0.3, 0.4) is 0 Å². The maximum atomic E-state index is 12.6.